The lowest BCUT2D eigenvalue weighted by Gasteiger charge is -2.20. The Balaban J connectivity index is 2.52. The SMILES string of the molecule is Cc1csc2c(OC(C)(C)C)nccc12. The summed E-state index contributed by atoms with van der Waals surface area (Å²) in [4.78, 5) is 4.29. The number of hydrogen-bond donors (Lipinski definition) is 0. The van der Waals surface area contributed by atoms with E-state index in [0.29, 0.717) is 0 Å². The van der Waals surface area contributed by atoms with Crippen molar-refractivity contribution in [1.29, 1.82) is 0 Å². The molecule has 0 spiro atoms. The topological polar surface area (TPSA) is 22.1 Å². The fourth-order valence-electron chi connectivity index (χ4n) is 1.43. The number of aryl methyl sites for hydroxylation is 1. The number of hydrogen-bond acceptors (Lipinski definition) is 3. The van der Waals surface area contributed by atoms with E-state index in [-0.39, 0.29) is 5.60 Å². The molecular weight excluding hydrogens is 206 g/mol. The van der Waals surface area contributed by atoms with Crippen molar-refractivity contribution in [3.8, 4) is 5.88 Å². The first-order valence-electron chi connectivity index (χ1n) is 4.99. The van der Waals surface area contributed by atoms with E-state index in [4.69, 9.17) is 4.74 Å². The summed E-state index contributed by atoms with van der Waals surface area (Å²) in [5.41, 5.74) is 1.09. The van der Waals surface area contributed by atoms with Crippen LogP contribution in [-0.4, -0.2) is 10.6 Å². The molecule has 2 aromatic rings. The number of rotatable bonds is 1. The Morgan fingerprint density at radius 3 is 2.73 bits per heavy atom. The highest BCUT2D eigenvalue weighted by Gasteiger charge is 2.16. The summed E-state index contributed by atoms with van der Waals surface area (Å²) in [6, 6.07) is 2.04. The molecule has 2 heterocycles. The minimum Gasteiger partial charge on any atom is -0.471 e. The molecule has 0 amide bonds. The minimum absolute atomic E-state index is 0.195. The third-order valence-electron chi connectivity index (χ3n) is 2.05. The van der Waals surface area contributed by atoms with Gasteiger partial charge in [0.2, 0.25) is 5.88 Å². The zero-order valence-electron chi connectivity index (χ0n) is 9.50. The zero-order valence-corrected chi connectivity index (χ0v) is 10.3. The molecule has 0 aliphatic rings. The highest BCUT2D eigenvalue weighted by Crippen LogP contribution is 2.33. The molecule has 0 saturated carbocycles. The molecule has 0 N–H and O–H groups in total. The van der Waals surface area contributed by atoms with Crippen molar-refractivity contribution in [2.24, 2.45) is 0 Å². The minimum atomic E-state index is -0.195. The lowest BCUT2D eigenvalue weighted by molar-refractivity contribution is 0.127. The zero-order chi connectivity index (χ0) is 11.1. The molecule has 0 aliphatic carbocycles. The van der Waals surface area contributed by atoms with E-state index in [0.717, 1.165) is 10.6 Å². The molecule has 0 bridgehead atoms. The second kappa shape index (κ2) is 3.49. The van der Waals surface area contributed by atoms with E-state index in [9.17, 15) is 0 Å². The van der Waals surface area contributed by atoms with Crippen LogP contribution in [0.2, 0.25) is 0 Å². The Labute approximate surface area is 93.9 Å². The number of pyridine rings is 1. The molecule has 0 saturated heterocycles. The summed E-state index contributed by atoms with van der Waals surface area (Å²) < 4.78 is 6.97. The van der Waals surface area contributed by atoms with E-state index in [2.05, 4.69) is 17.3 Å². The number of ether oxygens (including phenoxy) is 1. The van der Waals surface area contributed by atoms with Crippen molar-refractivity contribution in [2.45, 2.75) is 33.3 Å². The van der Waals surface area contributed by atoms with Crippen molar-refractivity contribution in [3.63, 3.8) is 0 Å². The van der Waals surface area contributed by atoms with Crippen molar-refractivity contribution in [3.05, 3.63) is 23.2 Å². The summed E-state index contributed by atoms with van der Waals surface area (Å²) in [6.07, 6.45) is 1.81. The second-order valence-electron chi connectivity index (χ2n) is 4.63. The Bertz CT molecular complexity index is 482. The molecule has 2 nitrogen and oxygen atoms in total. The summed E-state index contributed by atoms with van der Waals surface area (Å²) in [5, 5.41) is 3.39. The fraction of sp³-hybridized carbons (Fsp3) is 0.417. The van der Waals surface area contributed by atoms with Crippen molar-refractivity contribution >= 4 is 21.4 Å². The Morgan fingerprint density at radius 2 is 2.07 bits per heavy atom. The molecule has 2 aromatic heterocycles. The Kier molecular flexibility index (Phi) is 2.43. The Morgan fingerprint density at radius 1 is 1.33 bits per heavy atom. The van der Waals surface area contributed by atoms with Crippen molar-refractivity contribution < 1.29 is 4.74 Å². The first kappa shape index (κ1) is 10.4. The number of fused-ring (bicyclic) bond motifs is 1. The molecule has 3 heteroatoms. The van der Waals surface area contributed by atoms with Crippen LogP contribution in [0, 0.1) is 6.92 Å². The first-order valence-corrected chi connectivity index (χ1v) is 5.87. The van der Waals surface area contributed by atoms with Crippen LogP contribution < -0.4 is 4.74 Å². The normalized spacial score (nSPS) is 12.0. The lowest BCUT2D eigenvalue weighted by atomic mass is 10.2. The molecule has 0 aliphatic heterocycles. The maximum absolute atomic E-state index is 5.83. The summed E-state index contributed by atoms with van der Waals surface area (Å²) in [7, 11) is 0. The van der Waals surface area contributed by atoms with Crippen LogP contribution in [0.15, 0.2) is 17.6 Å². The standard InChI is InChI=1S/C12H15NOS/c1-8-7-15-10-9(8)5-6-13-11(10)14-12(2,3)4/h5-7H,1-4H3. The lowest BCUT2D eigenvalue weighted by Crippen LogP contribution is -2.23. The average Bonchev–Trinajstić information content (AvgIpc) is 2.47. The molecule has 0 aromatic carbocycles. The van der Waals surface area contributed by atoms with Crippen LogP contribution in [0.5, 0.6) is 5.88 Å². The predicted molar refractivity (Wildman–Crippen MR) is 64.7 cm³/mol. The van der Waals surface area contributed by atoms with E-state index >= 15 is 0 Å². The third kappa shape index (κ3) is 2.12. The van der Waals surface area contributed by atoms with Crippen LogP contribution in [-0.2, 0) is 0 Å². The average molecular weight is 221 g/mol. The highest BCUT2D eigenvalue weighted by atomic mass is 32.1. The van der Waals surface area contributed by atoms with Crippen LogP contribution in [0.4, 0.5) is 0 Å². The molecule has 80 valence electrons. The molecule has 0 atom stereocenters. The van der Waals surface area contributed by atoms with Gasteiger partial charge in [-0.05, 0) is 44.7 Å². The van der Waals surface area contributed by atoms with Gasteiger partial charge >= 0.3 is 0 Å². The van der Waals surface area contributed by atoms with Gasteiger partial charge in [0, 0.05) is 11.6 Å². The van der Waals surface area contributed by atoms with Gasteiger partial charge in [0.25, 0.3) is 0 Å². The van der Waals surface area contributed by atoms with E-state index in [1.165, 1.54) is 10.9 Å². The molecule has 0 radical (unpaired) electrons. The van der Waals surface area contributed by atoms with Gasteiger partial charge in [0.05, 0.1) is 4.70 Å². The second-order valence-corrected chi connectivity index (χ2v) is 5.51. The Hall–Kier alpha value is -1.09. The van der Waals surface area contributed by atoms with Gasteiger partial charge in [-0.25, -0.2) is 4.98 Å². The van der Waals surface area contributed by atoms with E-state index in [1.54, 1.807) is 11.3 Å². The largest absolute Gasteiger partial charge is 0.471 e. The van der Waals surface area contributed by atoms with Crippen molar-refractivity contribution in [2.75, 3.05) is 0 Å². The van der Waals surface area contributed by atoms with Gasteiger partial charge in [-0.2, -0.15) is 0 Å². The monoisotopic (exact) mass is 221 g/mol. The van der Waals surface area contributed by atoms with Gasteiger partial charge in [-0.15, -0.1) is 11.3 Å². The van der Waals surface area contributed by atoms with E-state index in [1.807, 2.05) is 33.0 Å². The summed E-state index contributed by atoms with van der Waals surface area (Å²) in [6.45, 7) is 8.22. The van der Waals surface area contributed by atoms with Crippen LogP contribution in [0.25, 0.3) is 10.1 Å². The van der Waals surface area contributed by atoms with Gasteiger partial charge in [0.15, 0.2) is 0 Å². The number of nitrogens with zero attached hydrogens (tertiary/aromatic N) is 1. The van der Waals surface area contributed by atoms with Gasteiger partial charge < -0.3 is 4.74 Å². The van der Waals surface area contributed by atoms with Crippen LogP contribution in [0.1, 0.15) is 26.3 Å². The highest BCUT2D eigenvalue weighted by molar-refractivity contribution is 7.17. The summed E-state index contributed by atoms with van der Waals surface area (Å²) in [5.74, 6) is 0.748. The van der Waals surface area contributed by atoms with Gasteiger partial charge in [0.1, 0.15) is 5.60 Å². The van der Waals surface area contributed by atoms with E-state index < -0.39 is 0 Å². The molecule has 15 heavy (non-hydrogen) atoms. The summed E-state index contributed by atoms with van der Waals surface area (Å²) >= 11 is 1.69. The van der Waals surface area contributed by atoms with Gasteiger partial charge in [-0.3, -0.25) is 0 Å². The third-order valence-corrected chi connectivity index (χ3v) is 3.15. The molecular formula is C12H15NOS. The fourth-order valence-corrected chi connectivity index (χ4v) is 2.40. The number of thiophene rings is 1. The molecule has 0 unspecified atom stereocenters. The quantitative estimate of drug-likeness (QED) is 0.731. The predicted octanol–water partition coefficient (Wildman–Crippen LogP) is 3.78. The molecule has 0 fully saturated rings. The van der Waals surface area contributed by atoms with Crippen LogP contribution in [0.3, 0.4) is 0 Å². The van der Waals surface area contributed by atoms with Crippen LogP contribution >= 0.6 is 11.3 Å². The maximum atomic E-state index is 5.83. The van der Waals surface area contributed by atoms with Crippen molar-refractivity contribution in [1.82, 2.24) is 4.98 Å². The first-order chi connectivity index (χ1) is 6.97. The maximum Gasteiger partial charge on any atom is 0.232 e. The molecule has 2 rings (SSSR count). The number of aromatic nitrogens is 1. The van der Waals surface area contributed by atoms with Gasteiger partial charge in [-0.1, -0.05) is 0 Å². The smallest absolute Gasteiger partial charge is 0.232 e.